The van der Waals surface area contributed by atoms with Crippen molar-refractivity contribution in [2.75, 3.05) is 6.26 Å². The van der Waals surface area contributed by atoms with Gasteiger partial charge in [-0.3, -0.25) is 9.20 Å². The summed E-state index contributed by atoms with van der Waals surface area (Å²) in [5, 5.41) is 0. The second-order valence-electron chi connectivity index (χ2n) is 4.68. The molecular formula is C14H14N2OS2. The molecule has 0 aliphatic carbocycles. The molecule has 0 bridgehead atoms. The van der Waals surface area contributed by atoms with Crippen molar-refractivity contribution in [1.29, 1.82) is 0 Å². The fourth-order valence-corrected chi connectivity index (χ4v) is 4.23. The number of pyridine rings is 1. The first-order valence-corrected chi connectivity index (χ1v) is 8.03. The van der Waals surface area contributed by atoms with Gasteiger partial charge in [0.1, 0.15) is 11.2 Å². The summed E-state index contributed by atoms with van der Waals surface area (Å²) in [6.45, 7) is 5.75. The highest BCUT2D eigenvalue weighted by Gasteiger charge is 2.20. The van der Waals surface area contributed by atoms with Gasteiger partial charge in [-0.25, -0.2) is 4.98 Å². The predicted octanol–water partition coefficient (Wildman–Crippen LogP) is 4.09. The minimum atomic E-state index is 0.0908. The van der Waals surface area contributed by atoms with Crippen LogP contribution >= 0.6 is 23.1 Å². The zero-order valence-electron chi connectivity index (χ0n) is 11.3. The Bertz CT molecular complexity index is 814. The van der Waals surface area contributed by atoms with Crippen LogP contribution in [0.25, 0.3) is 16.7 Å². The van der Waals surface area contributed by atoms with Crippen LogP contribution in [0.4, 0.5) is 0 Å². The number of thioether (sulfide) groups is 1. The molecule has 3 aromatic heterocycles. The monoisotopic (exact) mass is 290 g/mol. The fourth-order valence-electron chi connectivity index (χ4n) is 2.40. The third kappa shape index (κ3) is 1.80. The van der Waals surface area contributed by atoms with E-state index in [1.54, 1.807) is 30.0 Å². The lowest BCUT2D eigenvalue weighted by atomic mass is 10.2. The van der Waals surface area contributed by atoms with Crippen LogP contribution < -0.4 is 0 Å². The van der Waals surface area contributed by atoms with Gasteiger partial charge in [0.2, 0.25) is 0 Å². The standard InChI is InChI=1S/C14H14N2OS2/c1-7-5-8(2)13-15-10-11(16(13)6-7)14(18-4)19-12(10)9(3)17/h5-6H,1-4H3. The number of carbonyl (C=O) groups is 1. The van der Waals surface area contributed by atoms with E-state index in [0.29, 0.717) is 0 Å². The molecular weight excluding hydrogens is 276 g/mol. The number of thiophene rings is 1. The van der Waals surface area contributed by atoms with E-state index < -0.39 is 0 Å². The van der Waals surface area contributed by atoms with E-state index in [2.05, 4.69) is 35.5 Å². The first-order chi connectivity index (χ1) is 9.02. The number of aryl methyl sites for hydroxylation is 2. The van der Waals surface area contributed by atoms with E-state index in [1.165, 1.54) is 5.56 Å². The van der Waals surface area contributed by atoms with Crippen LogP contribution in [-0.2, 0) is 0 Å². The van der Waals surface area contributed by atoms with Gasteiger partial charge in [0.05, 0.1) is 14.6 Å². The van der Waals surface area contributed by atoms with E-state index in [0.717, 1.165) is 31.3 Å². The van der Waals surface area contributed by atoms with Crippen molar-refractivity contribution < 1.29 is 4.79 Å². The van der Waals surface area contributed by atoms with E-state index in [-0.39, 0.29) is 5.78 Å². The van der Waals surface area contributed by atoms with Crippen molar-refractivity contribution in [2.45, 2.75) is 25.0 Å². The van der Waals surface area contributed by atoms with Crippen LogP contribution in [0, 0.1) is 13.8 Å². The van der Waals surface area contributed by atoms with Crippen molar-refractivity contribution in [2.24, 2.45) is 0 Å². The van der Waals surface area contributed by atoms with Gasteiger partial charge in [0, 0.05) is 13.1 Å². The molecule has 0 spiro atoms. The highest BCUT2D eigenvalue weighted by molar-refractivity contribution is 8.00. The van der Waals surface area contributed by atoms with E-state index in [4.69, 9.17) is 0 Å². The number of Topliss-reactive ketones (excluding diaryl/α,β-unsaturated/α-hetero) is 1. The molecule has 98 valence electrons. The van der Waals surface area contributed by atoms with Crippen LogP contribution in [0.15, 0.2) is 16.5 Å². The summed E-state index contributed by atoms with van der Waals surface area (Å²) >= 11 is 3.22. The molecule has 0 unspecified atom stereocenters. The molecule has 0 saturated carbocycles. The van der Waals surface area contributed by atoms with Crippen molar-refractivity contribution in [3.63, 3.8) is 0 Å². The molecule has 0 fully saturated rings. The summed E-state index contributed by atoms with van der Waals surface area (Å²) in [5.41, 5.74) is 5.20. The zero-order chi connectivity index (χ0) is 13.7. The Kier molecular flexibility index (Phi) is 2.91. The molecule has 0 radical (unpaired) electrons. The third-order valence-corrected chi connectivity index (χ3v) is 5.53. The Morgan fingerprint density at radius 2 is 2.16 bits per heavy atom. The lowest BCUT2D eigenvalue weighted by Crippen LogP contribution is -1.90. The van der Waals surface area contributed by atoms with Crippen molar-refractivity contribution >= 4 is 45.6 Å². The number of imidazole rings is 1. The van der Waals surface area contributed by atoms with Crippen molar-refractivity contribution in [1.82, 2.24) is 9.38 Å². The average Bonchev–Trinajstić information content (AvgIpc) is 2.86. The summed E-state index contributed by atoms with van der Waals surface area (Å²) in [4.78, 5) is 17.2. The Balaban J connectivity index is 2.54. The number of aromatic nitrogens is 2. The number of hydrogen-bond acceptors (Lipinski definition) is 4. The molecule has 3 heterocycles. The molecule has 0 aliphatic rings. The van der Waals surface area contributed by atoms with Crippen LogP contribution in [0.1, 0.15) is 27.7 Å². The highest BCUT2D eigenvalue weighted by atomic mass is 32.2. The van der Waals surface area contributed by atoms with Gasteiger partial charge in [0.15, 0.2) is 5.78 Å². The second-order valence-corrected chi connectivity index (χ2v) is 6.78. The van der Waals surface area contributed by atoms with E-state index >= 15 is 0 Å². The molecule has 19 heavy (non-hydrogen) atoms. The highest BCUT2D eigenvalue weighted by Crippen LogP contribution is 2.38. The first kappa shape index (κ1) is 12.7. The summed E-state index contributed by atoms with van der Waals surface area (Å²) < 4.78 is 3.27. The zero-order valence-corrected chi connectivity index (χ0v) is 12.9. The summed E-state index contributed by atoms with van der Waals surface area (Å²) in [6.07, 6.45) is 4.13. The predicted molar refractivity (Wildman–Crippen MR) is 81.8 cm³/mol. The molecule has 0 N–H and O–H groups in total. The minimum Gasteiger partial charge on any atom is -0.297 e. The SMILES string of the molecule is CSc1sc(C(C)=O)c2nc3c(C)cc(C)cn3c12. The molecule has 3 rings (SSSR count). The maximum absolute atomic E-state index is 11.8. The van der Waals surface area contributed by atoms with Crippen molar-refractivity contribution in [3.8, 4) is 0 Å². The molecule has 3 aromatic rings. The van der Waals surface area contributed by atoms with Crippen LogP contribution in [-0.4, -0.2) is 21.4 Å². The maximum Gasteiger partial charge on any atom is 0.172 e. The quantitative estimate of drug-likeness (QED) is 0.526. The van der Waals surface area contributed by atoms with Crippen molar-refractivity contribution in [3.05, 3.63) is 28.3 Å². The number of fused-ring (bicyclic) bond motifs is 3. The van der Waals surface area contributed by atoms with Gasteiger partial charge in [-0.05, 0) is 31.2 Å². The van der Waals surface area contributed by atoms with Gasteiger partial charge in [-0.15, -0.1) is 23.1 Å². The number of rotatable bonds is 2. The molecule has 0 amide bonds. The van der Waals surface area contributed by atoms with Gasteiger partial charge in [0.25, 0.3) is 0 Å². The van der Waals surface area contributed by atoms with Crippen LogP contribution in [0.3, 0.4) is 0 Å². The van der Waals surface area contributed by atoms with Gasteiger partial charge < -0.3 is 0 Å². The molecule has 0 aromatic carbocycles. The van der Waals surface area contributed by atoms with Crippen LogP contribution in [0.2, 0.25) is 0 Å². The van der Waals surface area contributed by atoms with Gasteiger partial charge in [-0.2, -0.15) is 0 Å². The first-order valence-electron chi connectivity index (χ1n) is 5.99. The van der Waals surface area contributed by atoms with E-state index in [1.807, 2.05) is 6.26 Å². The van der Waals surface area contributed by atoms with Gasteiger partial charge in [-0.1, -0.05) is 6.07 Å². The average molecular weight is 290 g/mol. The minimum absolute atomic E-state index is 0.0908. The lowest BCUT2D eigenvalue weighted by molar-refractivity contribution is 0.102. The molecule has 5 heteroatoms. The summed E-state index contributed by atoms with van der Waals surface area (Å²) in [7, 11) is 0. The Hall–Kier alpha value is -1.33. The number of nitrogens with zero attached hydrogens (tertiary/aromatic N) is 2. The normalized spacial score (nSPS) is 11.6. The fraction of sp³-hybridized carbons (Fsp3) is 0.286. The largest absolute Gasteiger partial charge is 0.297 e. The third-order valence-electron chi connectivity index (χ3n) is 3.15. The Morgan fingerprint density at radius 3 is 2.79 bits per heavy atom. The van der Waals surface area contributed by atoms with E-state index in [9.17, 15) is 4.79 Å². The topological polar surface area (TPSA) is 34.4 Å². The molecule has 0 atom stereocenters. The lowest BCUT2D eigenvalue weighted by Gasteiger charge is -2.02. The van der Waals surface area contributed by atoms with Crippen LogP contribution in [0.5, 0.6) is 0 Å². The van der Waals surface area contributed by atoms with Gasteiger partial charge >= 0.3 is 0 Å². The molecule has 0 aliphatic heterocycles. The second kappa shape index (κ2) is 4.35. The maximum atomic E-state index is 11.8. The Labute approximate surface area is 119 Å². The summed E-state index contributed by atoms with van der Waals surface area (Å²) in [5.74, 6) is 0.0908. The molecule has 3 nitrogen and oxygen atoms in total. The smallest absolute Gasteiger partial charge is 0.172 e. The molecule has 0 saturated heterocycles. The summed E-state index contributed by atoms with van der Waals surface area (Å²) in [6, 6.07) is 2.12. The number of ketones is 1. The Morgan fingerprint density at radius 1 is 1.42 bits per heavy atom. The number of hydrogen-bond donors (Lipinski definition) is 0. The number of carbonyl (C=O) groups excluding carboxylic acids is 1.